The van der Waals surface area contributed by atoms with Crippen molar-refractivity contribution in [1.29, 1.82) is 0 Å². The Hall–Kier alpha value is -1.89. The van der Waals surface area contributed by atoms with Crippen LogP contribution in [-0.2, 0) is 22.4 Å². The summed E-state index contributed by atoms with van der Waals surface area (Å²) < 4.78 is 11.2. The number of ether oxygens (including phenoxy) is 2. The lowest BCUT2D eigenvalue weighted by atomic mass is 10.1. The Kier molecular flexibility index (Phi) is 6.07. The Morgan fingerprint density at radius 3 is 2.89 bits per heavy atom. The Morgan fingerprint density at radius 1 is 1.22 bits per heavy atom. The van der Waals surface area contributed by atoms with E-state index in [0.29, 0.717) is 6.54 Å². The topological polar surface area (TPSA) is 52.0 Å². The highest BCUT2D eigenvalue weighted by atomic mass is 32.1. The summed E-state index contributed by atoms with van der Waals surface area (Å²) in [6.07, 6.45) is 3.49. The molecule has 1 aliphatic carbocycles. The summed E-state index contributed by atoms with van der Waals surface area (Å²) in [5, 5.41) is 5.17. The van der Waals surface area contributed by atoms with E-state index in [2.05, 4.69) is 35.0 Å². The fourth-order valence-electron chi connectivity index (χ4n) is 3.97. The van der Waals surface area contributed by atoms with Crippen molar-refractivity contribution in [3.05, 3.63) is 51.7 Å². The molecule has 1 aliphatic heterocycles. The second kappa shape index (κ2) is 8.87. The number of carbonyl (C=O) groups is 1. The lowest BCUT2D eigenvalue weighted by molar-refractivity contribution is -0.937. The van der Waals surface area contributed by atoms with Crippen molar-refractivity contribution in [1.82, 2.24) is 5.32 Å². The van der Waals surface area contributed by atoms with E-state index in [1.54, 1.807) is 11.3 Å². The molecular weight excluding hydrogens is 360 g/mol. The molecule has 1 amide bonds. The minimum Gasteiger partial charge on any atom is -0.484 e. The molecule has 2 N–H and O–H groups in total. The second-order valence-corrected chi connectivity index (χ2v) is 8.19. The average Bonchev–Trinajstić information content (AvgIpc) is 3.39. The Morgan fingerprint density at radius 2 is 2.07 bits per heavy atom. The summed E-state index contributed by atoms with van der Waals surface area (Å²) in [5.74, 6) is 0.726. The van der Waals surface area contributed by atoms with Gasteiger partial charge in [-0.2, -0.15) is 0 Å². The minimum absolute atomic E-state index is 0.0639. The van der Waals surface area contributed by atoms with Gasteiger partial charge in [-0.25, -0.2) is 0 Å². The zero-order chi connectivity index (χ0) is 18.5. The van der Waals surface area contributed by atoms with E-state index in [0.717, 1.165) is 44.9 Å². The van der Waals surface area contributed by atoms with Gasteiger partial charge in [0.1, 0.15) is 24.9 Å². The summed E-state index contributed by atoms with van der Waals surface area (Å²) in [5.41, 5.74) is 2.78. The highest BCUT2D eigenvalue weighted by Crippen LogP contribution is 2.26. The van der Waals surface area contributed by atoms with Gasteiger partial charge in [0.25, 0.3) is 5.91 Å². The highest BCUT2D eigenvalue weighted by Gasteiger charge is 2.27. The number of morpholine rings is 1. The molecule has 2 heterocycles. The van der Waals surface area contributed by atoms with Crippen LogP contribution in [0.15, 0.2) is 35.7 Å². The van der Waals surface area contributed by atoms with Crippen molar-refractivity contribution in [2.75, 3.05) is 39.5 Å². The van der Waals surface area contributed by atoms with Gasteiger partial charge < -0.3 is 19.7 Å². The van der Waals surface area contributed by atoms with Gasteiger partial charge in [-0.15, -0.1) is 11.3 Å². The van der Waals surface area contributed by atoms with Crippen LogP contribution in [0.25, 0.3) is 0 Å². The normalized spacial score (nSPS) is 18.1. The molecule has 0 bridgehead atoms. The first-order chi connectivity index (χ1) is 13.3. The van der Waals surface area contributed by atoms with Crippen molar-refractivity contribution in [3.63, 3.8) is 0 Å². The largest absolute Gasteiger partial charge is 0.484 e. The maximum absolute atomic E-state index is 12.3. The molecule has 1 saturated heterocycles. The summed E-state index contributed by atoms with van der Waals surface area (Å²) in [6.45, 7) is 4.21. The van der Waals surface area contributed by atoms with Gasteiger partial charge in [0.15, 0.2) is 6.61 Å². The molecule has 2 aliphatic rings. The Balaban J connectivity index is 1.30. The number of fused-ring (bicyclic) bond motifs is 1. The summed E-state index contributed by atoms with van der Waals surface area (Å²) >= 11 is 1.75. The van der Waals surface area contributed by atoms with Gasteiger partial charge in [-0.1, -0.05) is 12.1 Å². The zero-order valence-electron chi connectivity index (χ0n) is 15.5. The number of carbonyl (C=O) groups excluding carboxylic acids is 1. The number of hydrogen-bond donors (Lipinski definition) is 2. The zero-order valence-corrected chi connectivity index (χ0v) is 16.4. The molecular formula is C21H27N2O3S+. The third kappa shape index (κ3) is 4.69. The molecule has 5 nitrogen and oxygen atoms in total. The molecule has 0 unspecified atom stereocenters. The summed E-state index contributed by atoms with van der Waals surface area (Å²) in [6, 6.07) is 10.7. The lowest BCUT2D eigenvalue weighted by Crippen LogP contribution is -3.15. The third-order valence-electron chi connectivity index (χ3n) is 5.46. The fourth-order valence-corrected chi connectivity index (χ4v) is 4.86. The van der Waals surface area contributed by atoms with Crippen LogP contribution in [0.5, 0.6) is 5.75 Å². The highest BCUT2D eigenvalue weighted by molar-refractivity contribution is 7.10. The maximum Gasteiger partial charge on any atom is 0.258 e. The average molecular weight is 388 g/mol. The molecule has 144 valence electrons. The van der Waals surface area contributed by atoms with E-state index in [4.69, 9.17) is 9.47 Å². The van der Waals surface area contributed by atoms with Crippen LogP contribution in [0, 0.1) is 0 Å². The van der Waals surface area contributed by atoms with Crippen molar-refractivity contribution in [2.45, 2.75) is 25.3 Å². The number of benzene rings is 1. The molecule has 1 atom stereocenters. The number of amides is 1. The molecule has 27 heavy (non-hydrogen) atoms. The summed E-state index contributed by atoms with van der Waals surface area (Å²) in [7, 11) is 0. The van der Waals surface area contributed by atoms with Crippen LogP contribution in [0.2, 0.25) is 0 Å². The number of nitrogens with one attached hydrogen (secondary N) is 2. The summed E-state index contributed by atoms with van der Waals surface area (Å²) in [4.78, 5) is 15.1. The first kappa shape index (κ1) is 18.5. The Bertz CT molecular complexity index is 757. The monoisotopic (exact) mass is 387 g/mol. The lowest BCUT2D eigenvalue weighted by Gasteiger charge is -2.31. The van der Waals surface area contributed by atoms with Gasteiger partial charge >= 0.3 is 0 Å². The van der Waals surface area contributed by atoms with Gasteiger partial charge in [0.2, 0.25) is 0 Å². The first-order valence-electron chi connectivity index (χ1n) is 9.76. The van der Waals surface area contributed by atoms with Crippen LogP contribution in [0.4, 0.5) is 0 Å². The second-order valence-electron chi connectivity index (χ2n) is 7.22. The van der Waals surface area contributed by atoms with Crippen molar-refractivity contribution >= 4 is 17.2 Å². The third-order valence-corrected chi connectivity index (χ3v) is 6.44. The number of hydrogen-bond acceptors (Lipinski definition) is 4. The van der Waals surface area contributed by atoms with E-state index < -0.39 is 0 Å². The van der Waals surface area contributed by atoms with E-state index >= 15 is 0 Å². The quantitative estimate of drug-likeness (QED) is 0.755. The molecule has 1 aromatic heterocycles. The van der Waals surface area contributed by atoms with E-state index in [1.807, 2.05) is 6.07 Å². The van der Waals surface area contributed by atoms with Gasteiger partial charge in [0.05, 0.1) is 24.6 Å². The minimum atomic E-state index is -0.0651. The van der Waals surface area contributed by atoms with Crippen LogP contribution in [-0.4, -0.2) is 45.4 Å². The standard InChI is InChI=1S/C21H26N2O3S/c24-21(15-26-18-7-6-16-3-1-4-17(16)13-18)22-14-19(20-5-2-12-27-20)23-8-10-25-11-9-23/h2,5-7,12-13,19H,1,3-4,8-11,14-15H2,(H,22,24)/p+1/t19-/m1/s1. The van der Waals surface area contributed by atoms with Gasteiger partial charge in [-0.3, -0.25) is 4.79 Å². The van der Waals surface area contributed by atoms with Crippen LogP contribution in [0.3, 0.4) is 0 Å². The van der Waals surface area contributed by atoms with Gasteiger partial charge in [0, 0.05) is 0 Å². The molecule has 0 radical (unpaired) electrons. The van der Waals surface area contributed by atoms with Crippen molar-refractivity contribution < 1.29 is 19.2 Å². The molecule has 6 heteroatoms. The number of quaternary nitrogens is 1. The van der Waals surface area contributed by atoms with Crippen LogP contribution >= 0.6 is 11.3 Å². The first-order valence-corrected chi connectivity index (χ1v) is 10.6. The van der Waals surface area contributed by atoms with Crippen LogP contribution in [0.1, 0.15) is 28.5 Å². The van der Waals surface area contributed by atoms with Crippen LogP contribution < -0.4 is 15.0 Å². The number of rotatable bonds is 7. The number of aryl methyl sites for hydroxylation is 2. The molecule has 4 rings (SSSR count). The van der Waals surface area contributed by atoms with Gasteiger partial charge in [-0.05, 0) is 54.0 Å². The van der Waals surface area contributed by atoms with E-state index in [1.165, 1.54) is 27.3 Å². The fraction of sp³-hybridized carbons (Fsp3) is 0.476. The van der Waals surface area contributed by atoms with Crippen molar-refractivity contribution in [2.24, 2.45) is 0 Å². The molecule has 1 fully saturated rings. The Labute approximate surface area is 164 Å². The molecule has 0 spiro atoms. The predicted octanol–water partition coefficient (Wildman–Crippen LogP) is 1.39. The molecule has 2 aromatic rings. The smallest absolute Gasteiger partial charge is 0.258 e. The maximum atomic E-state index is 12.3. The van der Waals surface area contributed by atoms with E-state index in [9.17, 15) is 4.79 Å². The van der Waals surface area contributed by atoms with Crippen molar-refractivity contribution in [3.8, 4) is 5.75 Å². The molecule has 1 aromatic carbocycles. The number of thiophene rings is 1. The van der Waals surface area contributed by atoms with E-state index in [-0.39, 0.29) is 18.6 Å². The predicted molar refractivity (Wildman–Crippen MR) is 106 cm³/mol. The molecule has 0 saturated carbocycles. The SMILES string of the molecule is O=C(COc1ccc2c(c1)CCC2)NC[C@H](c1cccs1)[NH+]1CCOCC1.